The van der Waals surface area contributed by atoms with Gasteiger partial charge in [-0.05, 0) is 85.4 Å². The fraction of sp³-hybridized carbons (Fsp3) is 0.531. The zero-order valence-corrected chi connectivity index (χ0v) is 25.6. The third-order valence-electron chi connectivity index (χ3n) is 8.86. The number of benzene rings is 2. The van der Waals surface area contributed by atoms with Gasteiger partial charge in [0.2, 0.25) is 0 Å². The number of halogens is 1. The van der Waals surface area contributed by atoms with Crippen LogP contribution >= 0.6 is 11.6 Å². The lowest BCUT2D eigenvalue weighted by atomic mass is 9.70. The van der Waals surface area contributed by atoms with Gasteiger partial charge in [0.05, 0.1) is 31.6 Å². The normalized spacial score (nSPS) is 30.0. The molecule has 1 amide bonds. The zero-order chi connectivity index (χ0) is 29.0. The molecule has 1 N–H and O–H groups in total. The standard InChI is InChI=1S/C32H41ClN2O5S/c1-22-19-35-20-32(13-6-7-24-17-26(33)10-11-27(24)32)21-40-30-12-9-25(18-28(30)35)31(37)34-41(38)16-5-3-4-8-29(23(22)2)39-15-14-36/h4,8-12,17-18,22-23,29,36,41H,3,5-7,13-16,19-21H2,1-2H3/b8-4+/t22-,23+,29-,32-/m0/s1. The van der Waals surface area contributed by atoms with Gasteiger partial charge in [0.15, 0.2) is 0 Å². The number of fused-ring (bicyclic) bond motifs is 3. The molecular weight excluding hydrogens is 560 g/mol. The minimum absolute atomic E-state index is 0.0347. The lowest BCUT2D eigenvalue weighted by Crippen LogP contribution is -2.47. The Labute approximate surface area is 250 Å². The molecule has 0 saturated carbocycles. The van der Waals surface area contributed by atoms with Crippen LogP contribution in [0.4, 0.5) is 5.69 Å². The molecule has 2 aromatic rings. The van der Waals surface area contributed by atoms with Gasteiger partial charge >= 0.3 is 0 Å². The monoisotopic (exact) mass is 600 g/mol. The average molecular weight is 601 g/mol. The summed E-state index contributed by atoms with van der Waals surface area (Å²) in [7, 11) is -1.99. The number of carbonyl (C=O) groups is 1. The lowest BCUT2D eigenvalue weighted by molar-refractivity contribution is 0.0140. The molecule has 1 spiro atoms. The van der Waals surface area contributed by atoms with E-state index in [1.54, 1.807) is 6.07 Å². The molecule has 9 heteroatoms. The van der Waals surface area contributed by atoms with Crippen molar-refractivity contribution in [3.05, 3.63) is 70.3 Å². The Morgan fingerprint density at radius 3 is 2.90 bits per heavy atom. The maximum absolute atomic E-state index is 13.1. The fourth-order valence-corrected chi connectivity index (χ4v) is 7.51. The summed E-state index contributed by atoms with van der Waals surface area (Å²) in [6.07, 6.45) is 8.38. The molecule has 0 radical (unpaired) electrons. The summed E-state index contributed by atoms with van der Waals surface area (Å²) in [4.78, 5) is 15.4. The topological polar surface area (TPSA) is 88.4 Å². The summed E-state index contributed by atoms with van der Waals surface area (Å²) < 4.78 is 29.3. The molecule has 2 bridgehead atoms. The number of nitrogens with zero attached hydrogens (tertiary/aromatic N) is 2. The third kappa shape index (κ3) is 6.82. The fourth-order valence-electron chi connectivity index (χ4n) is 6.44. The number of allylic oxidation sites excluding steroid dienone is 1. The molecule has 41 heavy (non-hydrogen) atoms. The molecule has 0 aromatic heterocycles. The molecule has 5 atom stereocenters. The molecule has 1 aliphatic carbocycles. The minimum Gasteiger partial charge on any atom is -0.490 e. The summed E-state index contributed by atoms with van der Waals surface area (Å²) in [5.74, 6) is 1.00. The van der Waals surface area contributed by atoms with Crippen LogP contribution in [0.1, 0.15) is 61.0 Å². The van der Waals surface area contributed by atoms with Crippen molar-refractivity contribution in [1.29, 1.82) is 0 Å². The van der Waals surface area contributed by atoms with E-state index in [-0.39, 0.29) is 36.6 Å². The van der Waals surface area contributed by atoms with Crippen LogP contribution in [-0.4, -0.2) is 60.0 Å². The van der Waals surface area contributed by atoms with Gasteiger partial charge in [0.25, 0.3) is 5.91 Å². The van der Waals surface area contributed by atoms with Gasteiger partial charge in [0, 0.05) is 45.4 Å². The molecule has 2 aliphatic heterocycles. The van der Waals surface area contributed by atoms with Crippen molar-refractivity contribution in [2.24, 2.45) is 16.2 Å². The summed E-state index contributed by atoms with van der Waals surface area (Å²) >= 11 is 6.39. The molecule has 2 heterocycles. The summed E-state index contributed by atoms with van der Waals surface area (Å²) in [5.41, 5.74) is 3.60. The van der Waals surface area contributed by atoms with E-state index in [1.807, 2.05) is 18.2 Å². The van der Waals surface area contributed by atoms with Crippen molar-refractivity contribution >= 4 is 33.8 Å². The van der Waals surface area contributed by atoms with Crippen LogP contribution in [0.15, 0.2) is 52.9 Å². The predicted octanol–water partition coefficient (Wildman–Crippen LogP) is 5.62. The number of ether oxygens (including phenoxy) is 2. The van der Waals surface area contributed by atoms with Gasteiger partial charge in [-0.1, -0.05) is 43.7 Å². The van der Waals surface area contributed by atoms with Gasteiger partial charge in [-0.25, -0.2) is 0 Å². The van der Waals surface area contributed by atoms with Gasteiger partial charge < -0.3 is 19.5 Å². The number of aliphatic hydroxyl groups excluding tert-OH is 1. The molecule has 7 nitrogen and oxygen atoms in total. The molecule has 2 aromatic carbocycles. The number of amides is 1. The van der Waals surface area contributed by atoms with E-state index in [9.17, 15) is 14.1 Å². The van der Waals surface area contributed by atoms with E-state index in [0.29, 0.717) is 24.3 Å². The summed E-state index contributed by atoms with van der Waals surface area (Å²) in [5, 5.41) is 10.2. The number of aliphatic hydroxyl groups is 1. The van der Waals surface area contributed by atoms with Crippen molar-refractivity contribution in [2.75, 3.05) is 43.6 Å². The number of rotatable bonds is 3. The van der Waals surface area contributed by atoms with E-state index in [0.717, 1.165) is 55.2 Å². The zero-order valence-electron chi connectivity index (χ0n) is 23.9. The third-order valence-corrected chi connectivity index (χ3v) is 10.2. The first-order valence-electron chi connectivity index (χ1n) is 14.7. The minimum atomic E-state index is -1.99. The van der Waals surface area contributed by atoms with Crippen molar-refractivity contribution in [3.8, 4) is 5.75 Å². The van der Waals surface area contributed by atoms with Crippen molar-refractivity contribution in [3.63, 3.8) is 0 Å². The van der Waals surface area contributed by atoms with Gasteiger partial charge in [-0.15, -0.1) is 0 Å². The molecule has 5 rings (SSSR count). The first kappa shape index (κ1) is 30.1. The number of hydrogen-bond acceptors (Lipinski definition) is 6. The van der Waals surface area contributed by atoms with Crippen LogP contribution in [0.2, 0.25) is 5.02 Å². The van der Waals surface area contributed by atoms with Gasteiger partial charge in [-0.2, -0.15) is 4.36 Å². The number of hydrogen-bond donors (Lipinski definition) is 2. The molecule has 1 unspecified atom stereocenters. The highest BCUT2D eigenvalue weighted by Crippen LogP contribution is 2.45. The number of thiol groups is 1. The predicted molar refractivity (Wildman–Crippen MR) is 165 cm³/mol. The van der Waals surface area contributed by atoms with Crippen molar-refractivity contribution < 1.29 is 23.6 Å². The van der Waals surface area contributed by atoms with Crippen molar-refractivity contribution in [2.45, 2.75) is 57.5 Å². The van der Waals surface area contributed by atoms with E-state index in [4.69, 9.17) is 21.1 Å². The highest BCUT2D eigenvalue weighted by Gasteiger charge is 2.42. The van der Waals surface area contributed by atoms with E-state index >= 15 is 0 Å². The first-order chi connectivity index (χ1) is 19.8. The van der Waals surface area contributed by atoms with Crippen LogP contribution in [-0.2, 0) is 27.2 Å². The summed E-state index contributed by atoms with van der Waals surface area (Å²) in [6.45, 7) is 6.64. The Bertz CT molecular complexity index is 1370. The van der Waals surface area contributed by atoms with Crippen LogP contribution in [0, 0.1) is 11.8 Å². The number of carbonyl (C=O) groups excluding carboxylic acids is 1. The lowest BCUT2D eigenvalue weighted by Gasteiger charge is -2.42. The SMILES string of the molecule is C[C@H]1[C@@H](OCCO)/C=C/CCC/[SH](=O)=N\C(=O)c2ccc3c(c2)N(C[C@@H]1C)C[C@@]1(CCCc2cc(Cl)ccc21)CO3. The summed E-state index contributed by atoms with van der Waals surface area (Å²) in [6, 6.07) is 11.7. The van der Waals surface area contributed by atoms with Crippen LogP contribution in [0.5, 0.6) is 5.75 Å². The van der Waals surface area contributed by atoms with Crippen LogP contribution in [0.25, 0.3) is 0 Å². The molecule has 0 saturated heterocycles. The molecule has 0 fully saturated rings. The number of aryl methyl sites for hydroxylation is 1. The van der Waals surface area contributed by atoms with Crippen LogP contribution in [0.3, 0.4) is 0 Å². The van der Waals surface area contributed by atoms with E-state index in [2.05, 4.69) is 47.4 Å². The first-order valence-corrected chi connectivity index (χ1v) is 16.5. The smallest absolute Gasteiger partial charge is 0.284 e. The van der Waals surface area contributed by atoms with E-state index < -0.39 is 16.5 Å². The maximum Gasteiger partial charge on any atom is 0.284 e. The number of anilines is 1. The van der Waals surface area contributed by atoms with Crippen molar-refractivity contribution in [1.82, 2.24) is 0 Å². The quantitative estimate of drug-likeness (QED) is 0.351. The Balaban J connectivity index is 1.58. The maximum atomic E-state index is 13.1. The highest BCUT2D eigenvalue weighted by molar-refractivity contribution is 7.75. The molecule has 3 aliphatic rings. The highest BCUT2D eigenvalue weighted by atomic mass is 35.5. The van der Waals surface area contributed by atoms with Gasteiger partial charge in [0.1, 0.15) is 5.75 Å². The second-order valence-corrected chi connectivity index (χ2v) is 13.5. The van der Waals surface area contributed by atoms with E-state index in [1.165, 1.54) is 11.1 Å². The second kappa shape index (κ2) is 13.3. The molecular formula is C32H41ClN2O5S. The molecule has 222 valence electrons. The van der Waals surface area contributed by atoms with Crippen LogP contribution < -0.4 is 9.64 Å². The largest absolute Gasteiger partial charge is 0.490 e. The Hall–Kier alpha value is -2.39. The average Bonchev–Trinajstić information content (AvgIpc) is 3.10. The second-order valence-electron chi connectivity index (χ2n) is 11.7. The Morgan fingerprint density at radius 1 is 1.22 bits per heavy atom. The Morgan fingerprint density at radius 2 is 2.07 bits per heavy atom. The Kier molecular flexibility index (Phi) is 9.74. The van der Waals surface area contributed by atoms with Gasteiger partial charge in [-0.3, -0.25) is 9.00 Å².